The van der Waals surface area contributed by atoms with Crippen LogP contribution in [0.25, 0.3) is 0 Å². The average molecular weight is 346 g/mol. The van der Waals surface area contributed by atoms with E-state index in [-0.39, 0.29) is 18.2 Å². The van der Waals surface area contributed by atoms with Crippen LogP contribution in [0, 0.1) is 0 Å². The van der Waals surface area contributed by atoms with Gasteiger partial charge in [-0.1, -0.05) is 25.0 Å². The number of rotatable bonds is 10. The first-order chi connectivity index (χ1) is 12.1. The van der Waals surface area contributed by atoms with E-state index in [2.05, 4.69) is 5.32 Å². The van der Waals surface area contributed by atoms with E-state index in [1.165, 1.54) is 0 Å². The lowest BCUT2D eigenvalue weighted by Crippen LogP contribution is -2.25. The highest BCUT2D eigenvalue weighted by Gasteiger charge is 2.19. The number of carbonyl (C=O) groups is 3. The number of carboxylic acid groups (broad SMARTS) is 1. The second-order valence-electron chi connectivity index (χ2n) is 6.43. The smallest absolute Gasteiger partial charge is 0.303 e. The normalized spacial score (nSPS) is 13.9. The number of amides is 2. The molecule has 0 bridgehead atoms. The molecule has 0 radical (unpaired) electrons. The van der Waals surface area contributed by atoms with Crippen LogP contribution in [0.3, 0.4) is 0 Å². The van der Waals surface area contributed by atoms with Crippen molar-refractivity contribution in [2.45, 2.75) is 51.5 Å². The van der Waals surface area contributed by atoms with Crippen molar-refractivity contribution in [3.05, 3.63) is 35.4 Å². The van der Waals surface area contributed by atoms with Crippen molar-refractivity contribution in [1.82, 2.24) is 10.2 Å². The summed E-state index contributed by atoms with van der Waals surface area (Å²) in [5.74, 6) is -0.662. The largest absolute Gasteiger partial charge is 0.481 e. The molecule has 2 rings (SSSR count). The van der Waals surface area contributed by atoms with E-state index in [1.807, 2.05) is 17.0 Å². The van der Waals surface area contributed by atoms with Gasteiger partial charge in [0.25, 0.3) is 5.91 Å². The van der Waals surface area contributed by atoms with Crippen LogP contribution in [0.1, 0.15) is 60.9 Å². The van der Waals surface area contributed by atoms with Gasteiger partial charge in [0.2, 0.25) is 5.91 Å². The van der Waals surface area contributed by atoms with Crippen LogP contribution in [-0.4, -0.2) is 40.9 Å². The third-order valence-corrected chi connectivity index (χ3v) is 4.36. The van der Waals surface area contributed by atoms with Gasteiger partial charge in [0.05, 0.1) is 0 Å². The summed E-state index contributed by atoms with van der Waals surface area (Å²) >= 11 is 0. The van der Waals surface area contributed by atoms with Crippen molar-refractivity contribution in [3.8, 4) is 0 Å². The van der Waals surface area contributed by atoms with E-state index in [4.69, 9.17) is 5.11 Å². The quantitative estimate of drug-likeness (QED) is 0.638. The summed E-state index contributed by atoms with van der Waals surface area (Å²) in [4.78, 5) is 36.0. The molecule has 2 N–H and O–H groups in total. The molecule has 2 amide bonds. The fourth-order valence-electron chi connectivity index (χ4n) is 2.91. The molecule has 0 unspecified atom stereocenters. The number of nitrogens with one attached hydrogen (secondary N) is 1. The highest BCUT2D eigenvalue weighted by atomic mass is 16.4. The van der Waals surface area contributed by atoms with Crippen LogP contribution in [0.5, 0.6) is 0 Å². The lowest BCUT2D eigenvalue weighted by molar-refractivity contribution is -0.137. The molecule has 1 heterocycles. The van der Waals surface area contributed by atoms with Crippen LogP contribution in [-0.2, 0) is 16.1 Å². The average Bonchev–Trinajstić information content (AvgIpc) is 2.99. The summed E-state index contributed by atoms with van der Waals surface area (Å²) in [7, 11) is 0. The first-order valence-corrected chi connectivity index (χ1v) is 8.93. The Kier molecular flexibility index (Phi) is 7.44. The zero-order valence-corrected chi connectivity index (χ0v) is 14.5. The van der Waals surface area contributed by atoms with Gasteiger partial charge in [0.1, 0.15) is 0 Å². The minimum Gasteiger partial charge on any atom is -0.481 e. The molecule has 0 spiro atoms. The van der Waals surface area contributed by atoms with Crippen LogP contribution >= 0.6 is 0 Å². The Morgan fingerprint density at radius 2 is 1.80 bits per heavy atom. The maximum absolute atomic E-state index is 12.1. The topological polar surface area (TPSA) is 86.7 Å². The molecule has 1 aromatic carbocycles. The van der Waals surface area contributed by atoms with E-state index in [0.717, 1.165) is 37.8 Å². The summed E-state index contributed by atoms with van der Waals surface area (Å²) in [5.41, 5.74) is 1.65. The molecule has 1 aliphatic rings. The minimum atomic E-state index is -0.758. The molecule has 6 nitrogen and oxygen atoms in total. The van der Waals surface area contributed by atoms with Gasteiger partial charge in [-0.05, 0) is 37.0 Å². The van der Waals surface area contributed by atoms with Crippen molar-refractivity contribution < 1.29 is 19.5 Å². The number of likely N-dealkylation sites (tertiary alicyclic amines) is 1. The first kappa shape index (κ1) is 19.0. The molecule has 0 aliphatic carbocycles. The van der Waals surface area contributed by atoms with Gasteiger partial charge in [-0.25, -0.2) is 0 Å². The van der Waals surface area contributed by atoms with Crippen molar-refractivity contribution in [1.29, 1.82) is 0 Å². The molecule has 1 saturated heterocycles. The molecule has 1 aliphatic heterocycles. The second-order valence-corrected chi connectivity index (χ2v) is 6.43. The predicted molar refractivity (Wildman–Crippen MR) is 94.1 cm³/mol. The monoisotopic (exact) mass is 346 g/mol. The summed E-state index contributed by atoms with van der Waals surface area (Å²) in [6.45, 7) is 2.01. The van der Waals surface area contributed by atoms with Crippen LogP contribution < -0.4 is 5.32 Å². The highest BCUT2D eigenvalue weighted by molar-refractivity contribution is 5.94. The van der Waals surface area contributed by atoms with Crippen molar-refractivity contribution in [2.24, 2.45) is 0 Å². The van der Waals surface area contributed by atoms with Gasteiger partial charge in [-0.3, -0.25) is 14.4 Å². The third-order valence-electron chi connectivity index (χ3n) is 4.36. The van der Waals surface area contributed by atoms with E-state index in [9.17, 15) is 14.4 Å². The summed E-state index contributed by atoms with van der Waals surface area (Å²) in [6, 6.07) is 7.37. The second kappa shape index (κ2) is 9.81. The Labute approximate surface area is 148 Å². The number of carbonyl (C=O) groups excluding carboxylic acids is 2. The first-order valence-electron chi connectivity index (χ1n) is 8.93. The fourth-order valence-corrected chi connectivity index (χ4v) is 2.91. The zero-order chi connectivity index (χ0) is 18.1. The van der Waals surface area contributed by atoms with E-state index >= 15 is 0 Å². The van der Waals surface area contributed by atoms with Gasteiger partial charge in [-0.15, -0.1) is 0 Å². The molecule has 0 saturated carbocycles. The van der Waals surface area contributed by atoms with Gasteiger partial charge in [0.15, 0.2) is 0 Å². The highest BCUT2D eigenvalue weighted by Crippen LogP contribution is 2.14. The van der Waals surface area contributed by atoms with Crippen molar-refractivity contribution in [3.63, 3.8) is 0 Å². The zero-order valence-electron chi connectivity index (χ0n) is 14.5. The Morgan fingerprint density at radius 3 is 2.44 bits per heavy atom. The number of benzene rings is 1. The van der Waals surface area contributed by atoms with Crippen molar-refractivity contribution in [2.75, 3.05) is 13.1 Å². The number of nitrogens with zero attached hydrogens (tertiary/aromatic N) is 1. The number of hydrogen-bond acceptors (Lipinski definition) is 3. The predicted octanol–water partition coefficient (Wildman–Crippen LogP) is 2.57. The summed E-state index contributed by atoms with van der Waals surface area (Å²) in [6.07, 6.45) is 5.08. The number of aliphatic carboxylic acids is 1. The Balaban J connectivity index is 1.66. The molecule has 1 fully saturated rings. The SMILES string of the molecule is O=C(O)CCCCCCNC(=O)c1ccc(CN2CCCC2=O)cc1. The molecular weight excluding hydrogens is 320 g/mol. The molecule has 25 heavy (non-hydrogen) atoms. The lowest BCUT2D eigenvalue weighted by Gasteiger charge is -2.15. The maximum Gasteiger partial charge on any atom is 0.303 e. The van der Waals surface area contributed by atoms with Crippen molar-refractivity contribution >= 4 is 17.8 Å². The van der Waals surface area contributed by atoms with Crippen LogP contribution in [0.2, 0.25) is 0 Å². The molecule has 1 aromatic rings. The summed E-state index contributed by atoms with van der Waals surface area (Å²) in [5, 5.41) is 11.4. The minimum absolute atomic E-state index is 0.102. The van der Waals surface area contributed by atoms with E-state index in [1.54, 1.807) is 12.1 Å². The number of unbranched alkanes of at least 4 members (excludes halogenated alkanes) is 3. The third kappa shape index (κ3) is 6.57. The van der Waals surface area contributed by atoms with Gasteiger partial charge in [-0.2, -0.15) is 0 Å². The number of hydrogen-bond donors (Lipinski definition) is 2. The molecule has 0 aromatic heterocycles. The standard InChI is InChI=1S/C19H26N2O4/c22-17-6-5-13-21(17)14-15-8-10-16(11-9-15)19(25)20-12-4-2-1-3-7-18(23)24/h8-11H,1-7,12-14H2,(H,20,25)(H,23,24). The molecule has 0 atom stereocenters. The molecule has 136 valence electrons. The Hall–Kier alpha value is -2.37. The molecular formula is C19H26N2O4. The van der Waals surface area contributed by atoms with Crippen LogP contribution in [0.4, 0.5) is 0 Å². The van der Waals surface area contributed by atoms with Gasteiger partial charge in [0, 0.05) is 38.0 Å². The summed E-state index contributed by atoms with van der Waals surface area (Å²) < 4.78 is 0. The van der Waals surface area contributed by atoms with E-state index in [0.29, 0.717) is 31.5 Å². The maximum atomic E-state index is 12.1. The Morgan fingerprint density at radius 1 is 1.08 bits per heavy atom. The Bertz CT molecular complexity index is 598. The van der Waals surface area contributed by atoms with Crippen LogP contribution in [0.15, 0.2) is 24.3 Å². The lowest BCUT2D eigenvalue weighted by atomic mass is 10.1. The number of carboxylic acids is 1. The van der Waals surface area contributed by atoms with Gasteiger partial charge >= 0.3 is 5.97 Å². The van der Waals surface area contributed by atoms with Gasteiger partial charge < -0.3 is 15.3 Å². The molecule has 6 heteroatoms. The fraction of sp³-hybridized carbons (Fsp3) is 0.526. The van der Waals surface area contributed by atoms with E-state index < -0.39 is 5.97 Å².